The number of halogens is 2. The van der Waals surface area contributed by atoms with Gasteiger partial charge >= 0.3 is 0 Å². The topological polar surface area (TPSA) is 48.0 Å². The first-order chi connectivity index (χ1) is 14.1. The highest BCUT2D eigenvalue weighted by atomic mass is 35.5. The molecule has 0 amide bonds. The van der Waals surface area contributed by atoms with Gasteiger partial charge in [-0.3, -0.25) is 9.69 Å². The van der Waals surface area contributed by atoms with E-state index in [1.54, 1.807) is 30.3 Å². The molecule has 2 aromatic rings. The van der Waals surface area contributed by atoms with E-state index in [2.05, 4.69) is 4.90 Å². The average molecular weight is 432 g/mol. The molecule has 0 spiro atoms. The van der Waals surface area contributed by atoms with Crippen LogP contribution in [0.5, 0.6) is 11.5 Å². The van der Waals surface area contributed by atoms with Gasteiger partial charge in [-0.2, -0.15) is 0 Å². The summed E-state index contributed by atoms with van der Waals surface area (Å²) in [6, 6.07) is 8.80. The molecule has 29 heavy (non-hydrogen) atoms. The number of carbonyl (C=O) groups is 1. The molecule has 5 nitrogen and oxygen atoms in total. The zero-order chi connectivity index (χ0) is 20.0. The molecule has 0 N–H and O–H groups in total. The van der Waals surface area contributed by atoms with E-state index in [-0.39, 0.29) is 17.6 Å². The van der Waals surface area contributed by atoms with Crippen LogP contribution in [0.3, 0.4) is 0 Å². The molecular weight excluding hydrogens is 413 g/mol. The number of allylic oxidation sites excluding steroid dienone is 1. The molecule has 0 aliphatic carbocycles. The van der Waals surface area contributed by atoms with E-state index < -0.39 is 0 Å². The van der Waals surface area contributed by atoms with E-state index in [4.69, 9.17) is 37.4 Å². The van der Waals surface area contributed by atoms with Crippen molar-refractivity contribution < 1.29 is 19.0 Å². The lowest BCUT2D eigenvalue weighted by Gasteiger charge is -2.31. The summed E-state index contributed by atoms with van der Waals surface area (Å²) in [5.74, 6) is 1.32. The Hall–Kier alpha value is -2.05. The number of ether oxygens (including phenoxy) is 3. The molecule has 7 heteroatoms. The summed E-state index contributed by atoms with van der Waals surface area (Å²) in [6.07, 6.45) is 4.00. The summed E-state index contributed by atoms with van der Waals surface area (Å²) in [5, 5.41) is 0.927. The Morgan fingerprint density at radius 3 is 2.76 bits per heavy atom. The lowest BCUT2D eigenvalue weighted by atomic mass is 10.0. The zero-order valence-electron chi connectivity index (χ0n) is 15.6. The van der Waals surface area contributed by atoms with Crippen LogP contribution in [0.15, 0.2) is 36.1 Å². The van der Waals surface area contributed by atoms with Gasteiger partial charge in [-0.05, 0) is 43.2 Å². The maximum Gasteiger partial charge on any atom is 0.231 e. The Balaban J connectivity index is 1.44. The molecule has 5 rings (SSSR count). The lowest BCUT2D eigenvalue weighted by molar-refractivity contribution is 0.0274. The van der Waals surface area contributed by atoms with Crippen molar-refractivity contribution in [3.63, 3.8) is 0 Å². The second kappa shape index (κ2) is 7.65. The largest absolute Gasteiger partial charge is 0.478 e. The van der Waals surface area contributed by atoms with E-state index in [1.807, 2.05) is 6.07 Å². The van der Waals surface area contributed by atoms with Crippen molar-refractivity contribution in [1.82, 2.24) is 4.90 Å². The molecule has 3 heterocycles. The maximum absolute atomic E-state index is 12.9. The van der Waals surface area contributed by atoms with Crippen LogP contribution in [-0.2, 0) is 11.3 Å². The summed E-state index contributed by atoms with van der Waals surface area (Å²) in [7, 11) is 0. The molecular formula is C22H19Cl2NO4. The van der Waals surface area contributed by atoms with E-state index in [0.29, 0.717) is 40.2 Å². The highest BCUT2D eigenvalue weighted by Gasteiger charge is 2.34. The molecule has 0 radical (unpaired) electrons. The molecule has 3 aliphatic rings. The smallest absolute Gasteiger partial charge is 0.231 e. The van der Waals surface area contributed by atoms with E-state index in [9.17, 15) is 4.79 Å². The second-order valence-corrected chi connectivity index (χ2v) is 8.23. The Morgan fingerprint density at radius 2 is 2.00 bits per heavy atom. The minimum atomic E-state index is -0.185. The predicted molar refractivity (Wildman–Crippen MR) is 111 cm³/mol. The molecule has 150 valence electrons. The number of ketones is 1. The van der Waals surface area contributed by atoms with Gasteiger partial charge in [-0.25, -0.2) is 0 Å². The van der Waals surface area contributed by atoms with Gasteiger partial charge in [0.15, 0.2) is 5.76 Å². The molecule has 1 saturated heterocycles. The van der Waals surface area contributed by atoms with Gasteiger partial charge < -0.3 is 14.2 Å². The monoisotopic (exact) mass is 431 g/mol. The van der Waals surface area contributed by atoms with Crippen molar-refractivity contribution in [3.05, 3.63) is 62.8 Å². The highest BCUT2D eigenvalue weighted by molar-refractivity contribution is 6.37. The fraction of sp³-hybridized carbons (Fsp3) is 0.318. The number of rotatable bonds is 3. The van der Waals surface area contributed by atoms with Gasteiger partial charge in [0.25, 0.3) is 0 Å². The fourth-order valence-corrected chi connectivity index (χ4v) is 4.48. The minimum Gasteiger partial charge on any atom is -0.478 e. The van der Waals surface area contributed by atoms with E-state index >= 15 is 0 Å². The SMILES string of the molecule is O=C1/C(=C/c2c(Cl)cccc2Cl)Oc2c1ccc1c2CN(CC2CCCO2)CO1. The predicted octanol–water partition coefficient (Wildman–Crippen LogP) is 4.94. The van der Waals surface area contributed by atoms with Crippen molar-refractivity contribution in [2.24, 2.45) is 0 Å². The number of carbonyl (C=O) groups excluding carboxylic acids is 1. The van der Waals surface area contributed by atoms with Gasteiger partial charge in [0.05, 0.1) is 17.2 Å². The maximum atomic E-state index is 12.9. The second-order valence-electron chi connectivity index (χ2n) is 7.41. The molecule has 1 unspecified atom stereocenters. The third kappa shape index (κ3) is 3.53. The Morgan fingerprint density at radius 1 is 1.17 bits per heavy atom. The molecule has 0 bridgehead atoms. The number of hydrogen-bond acceptors (Lipinski definition) is 5. The van der Waals surface area contributed by atoms with E-state index in [0.717, 1.165) is 37.3 Å². The van der Waals surface area contributed by atoms with Gasteiger partial charge in [-0.15, -0.1) is 0 Å². The summed E-state index contributed by atoms with van der Waals surface area (Å²) in [6.45, 7) is 2.76. The van der Waals surface area contributed by atoms with Gasteiger partial charge in [0.1, 0.15) is 18.2 Å². The van der Waals surface area contributed by atoms with Crippen LogP contribution >= 0.6 is 23.2 Å². The standard InChI is InChI=1S/C22H19Cl2NO4/c23-17-4-1-5-18(24)15(17)9-20-21(26)14-6-7-19-16(22(14)29-20)11-25(12-28-19)10-13-3-2-8-27-13/h1,4-7,9,13H,2-3,8,10-12H2/b20-9-. The quantitative estimate of drug-likeness (QED) is 0.643. The van der Waals surface area contributed by atoms with Crippen LogP contribution in [-0.4, -0.2) is 36.7 Å². The first-order valence-corrected chi connectivity index (χ1v) is 10.4. The third-order valence-electron chi connectivity index (χ3n) is 5.44. The van der Waals surface area contributed by atoms with Crippen LogP contribution in [0.4, 0.5) is 0 Å². The summed E-state index contributed by atoms with van der Waals surface area (Å²) >= 11 is 12.5. The summed E-state index contributed by atoms with van der Waals surface area (Å²) < 4.78 is 17.7. The van der Waals surface area contributed by atoms with Crippen molar-refractivity contribution in [2.75, 3.05) is 19.9 Å². The molecule has 1 fully saturated rings. The molecule has 3 aliphatic heterocycles. The molecule has 0 aromatic heterocycles. The first-order valence-electron chi connectivity index (χ1n) is 9.61. The molecule has 2 aromatic carbocycles. The Labute approximate surface area is 178 Å². The van der Waals surface area contributed by atoms with Gasteiger partial charge in [-0.1, -0.05) is 29.3 Å². The van der Waals surface area contributed by atoms with Crippen molar-refractivity contribution in [1.29, 1.82) is 0 Å². The first kappa shape index (κ1) is 18.9. The van der Waals surface area contributed by atoms with Crippen LogP contribution in [0.25, 0.3) is 6.08 Å². The zero-order valence-corrected chi connectivity index (χ0v) is 17.1. The number of Topliss-reactive ketones (excluding diaryl/α,β-unsaturated/α-hetero) is 1. The number of fused-ring (bicyclic) bond motifs is 3. The minimum absolute atomic E-state index is 0.185. The Bertz CT molecular complexity index is 994. The normalized spacial score (nSPS) is 22.3. The Kier molecular flexibility index (Phi) is 5.00. The van der Waals surface area contributed by atoms with Gasteiger partial charge in [0, 0.05) is 35.3 Å². The van der Waals surface area contributed by atoms with Crippen LogP contribution in [0, 0.1) is 0 Å². The lowest BCUT2D eigenvalue weighted by Crippen LogP contribution is -2.37. The van der Waals surface area contributed by atoms with Crippen molar-refractivity contribution in [3.8, 4) is 11.5 Å². The fourth-order valence-electron chi connectivity index (χ4n) is 3.98. The van der Waals surface area contributed by atoms with Crippen LogP contribution in [0.1, 0.15) is 34.3 Å². The summed E-state index contributed by atoms with van der Waals surface area (Å²) in [5.41, 5.74) is 1.98. The summed E-state index contributed by atoms with van der Waals surface area (Å²) in [4.78, 5) is 15.1. The number of nitrogens with zero attached hydrogens (tertiary/aromatic N) is 1. The third-order valence-corrected chi connectivity index (χ3v) is 6.10. The van der Waals surface area contributed by atoms with Crippen molar-refractivity contribution >= 4 is 35.1 Å². The number of hydrogen-bond donors (Lipinski definition) is 0. The van der Waals surface area contributed by atoms with Crippen LogP contribution < -0.4 is 9.47 Å². The average Bonchev–Trinajstić information content (AvgIpc) is 3.33. The highest BCUT2D eigenvalue weighted by Crippen LogP contribution is 2.42. The molecule has 0 saturated carbocycles. The van der Waals surface area contributed by atoms with Gasteiger partial charge in [0.2, 0.25) is 5.78 Å². The van der Waals surface area contributed by atoms with Crippen LogP contribution in [0.2, 0.25) is 10.0 Å². The van der Waals surface area contributed by atoms with E-state index in [1.165, 1.54) is 0 Å². The van der Waals surface area contributed by atoms with Crippen molar-refractivity contribution in [2.45, 2.75) is 25.5 Å². The number of benzene rings is 2. The molecule has 1 atom stereocenters.